The van der Waals surface area contributed by atoms with E-state index in [0.29, 0.717) is 19.2 Å². The number of aromatic nitrogens is 5. The Labute approximate surface area is 98.2 Å². The predicted octanol–water partition coefficient (Wildman–Crippen LogP) is 0.442. The maximum absolute atomic E-state index is 5.02. The molecular weight excluding hydrogens is 220 g/mol. The highest BCUT2D eigenvalue weighted by Crippen LogP contribution is 2.26. The molecule has 1 fully saturated rings. The number of nitrogens with zero attached hydrogens (tertiary/aromatic N) is 5. The van der Waals surface area contributed by atoms with E-state index in [1.165, 1.54) is 12.8 Å². The van der Waals surface area contributed by atoms with Crippen molar-refractivity contribution in [2.24, 2.45) is 0 Å². The average Bonchev–Trinajstić information content (AvgIpc) is 3.06. The van der Waals surface area contributed by atoms with Gasteiger partial charge in [0.25, 0.3) is 0 Å². The van der Waals surface area contributed by atoms with Crippen LogP contribution in [0.15, 0.2) is 6.33 Å². The predicted molar refractivity (Wildman–Crippen MR) is 61.6 cm³/mol. The van der Waals surface area contributed by atoms with Crippen molar-refractivity contribution in [3.63, 3.8) is 0 Å². The van der Waals surface area contributed by atoms with Crippen LogP contribution in [-0.2, 0) is 11.3 Å². The first-order chi connectivity index (χ1) is 8.38. The van der Waals surface area contributed by atoms with Crippen LogP contribution in [0.5, 0.6) is 0 Å². The van der Waals surface area contributed by atoms with Crippen molar-refractivity contribution in [3.8, 4) is 0 Å². The lowest BCUT2D eigenvalue weighted by Gasteiger charge is -2.03. The Morgan fingerprint density at radius 1 is 1.47 bits per heavy atom. The first-order valence-corrected chi connectivity index (χ1v) is 5.68. The Balaban J connectivity index is 1.92. The molecule has 0 spiro atoms. The Morgan fingerprint density at radius 3 is 3.12 bits per heavy atom. The van der Waals surface area contributed by atoms with Gasteiger partial charge in [-0.1, -0.05) is 5.21 Å². The van der Waals surface area contributed by atoms with E-state index in [1.807, 2.05) is 0 Å². The van der Waals surface area contributed by atoms with Crippen LogP contribution in [0.3, 0.4) is 0 Å². The van der Waals surface area contributed by atoms with E-state index in [9.17, 15) is 0 Å². The molecule has 2 aromatic rings. The zero-order valence-electron chi connectivity index (χ0n) is 9.63. The van der Waals surface area contributed by atoms with Gasteiger partial charge in [-0.2, -0.15) is 0 Å². The van der Waals surface area contributed by atoms with Crippen molar-refractivity contribution in [1.29, 1.82) is 0 Å². The van der Waals surface area contributed by atoms with Gasteiger partial charge in [-0.25, -0.2) is 14.6 Å². The van der Waals surface area contributed by atoms with Crippen LogP contribution in [0, 0.1) is 0 Å². The fraction of sp³-hybridized carbons (Fsp3) is 0.600. The highest BCUT2D eigenvalue weighted by atomic mass is 16.5. The summed E-state index contributed by atoms with van der Waals surface area (Å²) in [4.78, 5) is 8.43. The lowest BCUT2D eigenvalue weighted by molar-refractivity contribution is 0.184. The third-order valence-electron chi connectivity index (χ3n) is 2.73. The number of rotatable bonds is 5. The van der Waals surface area contributed by atoms with Crippen LogP contribution in [0.1, 0.15) is 12.8 Å². The van der Waals surface area contributed by atoms with Crippen molar-refractivity contribution in [2.45, 2.75) is 25.4 Å². The molecule has 1 saturated carbocycles. The smallest absolute Gasteiger partial charge is 0.183 e. The number of nitrogens with one attached hydrogen (secondary N) is 1. The van der Waals surface area contributed by atoms with E-state index >= 15 is 0 Å². The third kappa shape index (κ3) is 2.05. The molecule has 7 nitrogen and oxygen atoms in total. The van der Waals surface area contributed by atoms with E-state index in [2.05, 4.69) is 25.6 Å². The molecule has 17 heavy (non-hydrogen) atoms. The van der Waals surface area contributed by atoms with Crippen LogP contribution in [0.25, 0.3) is 11.2 Å². The molecule has 0 atom stereocenters. The Hall–Kier alpha value is -1.76. The molecule has 1 aliphatic carbocycles. The third-order valence-corrected chi connectivity index (χ3v) is 2.73. The van der Waals surface area contributed by atoms with Gasteiger partial charge in [0.15, 0.2) is 17.0 Å². The molecule has 7 heteroatoms. The maximum Gasteiger partial charge on any atom is 0.183 e. The van der Waals surface area contributed by atoms with Crippen molar-refractivity contribution >= 4 is 17.0 Å². The molecule has 0 aromatic carbocycles. The minimum atomic E-state index is 0.539. The van der Waals surface area contributed by atoms with E-state index in [-0.39, 0.29) is 0 Å². The normalized spacial score (nSPS) is 15.4. The molecule has 0 radical (unpaired) electrons. The van der Waals surface area contributed by atoms with E-state index in [4.69, 9.17) is 4.74 Å². The summed E-state index contributed by atoms with van der Waals surface area (Å²) in [6, 6.07) is 0.539. The summed E-state index contributed by atoms with van der Waals surface area (Å²) < 4.78 is 6.76. The number of ether oxygens (including phenoxy) is 1. The molecular formula is C10H14N6O. The second-order valence-corrected chi connectivity index (χ2v) is 4.12. The van der Waals surface area contributed by atoms with Crippen LogP contribution >= 0.6 is 0 Å². The zero-order valence-corrected chi connectivity index (χ0v) is 9.63. The fourth-order valence-corrected chi connectivity index (χ4v) is 1.65. The summed E-state index contributed by atoms with van der Waals surface area (Å²) in [6.07, 6.45) is 3.94. The number of methoxy groups -OCH3 is 1. The summed E-state index contributed by atoms with van der Waals surface area (Å²) >= 11 is 0. The van der Waals surface area contributed by atoms with Crippen molar-refractivity contribution in [3.05, 3.63) is 6.33 Å². The van der Waals surface area contributed by atoms with Crippen molar-refractivity contribution in [1.82, 2.24) is 25.0 Å². The second-order valence-electron chi connectivity index (χ2n) is 4.12. The molecule has 2 heterocycles. The first kappa shape index (κ1) is 10.4. The Morgan fingerprint density at radius 2 is 2.35 bits per heavy atom. The molecule has 0 saturated heterocycles. The SMILES string of the molecule is COCCn1nnc2c(NC3CC3)ncnc21. The summed E-state index contributed by atoms with van der Waals surface area (Å²) in [5.41, 5.74) is 1.48. The molecule has 1 aliphatic rings. The fourth-order valence-electron chi connectivity index (χ4n) is 1.65. The molecule has 0 aliphatic heterocycles. The number of anilines is 1. The Kier molecular flexibility index (Phi) is 2.60. The van der Waals surface area contributed by atoms with Crippen LogP contribution in [0.4, 0.5) is 5.82 Å². The van der Waals surface area contributed by atoms with Gasteiger partial charge in [-0.3, -0.25) is 0 Å². The quantitative estimate of drug-likeness (QED) is 0.809. The van der Waals surface area contributed by atoms with Gasteiger partial charge in [0.2, 0.25) is 0 Å². The van der Waals surface area contributed by atoms with Crippen LogP contribution in [0.2, 0.25) is 0 Å². The lowest BCUT2D eigenvalue weighted by atomic mass is 10.4. The second kappa shape index (κ2) is 4.25. The molecule has 0 amide bonds. The van der Waals surface area contributed by atoms with E-state index < -0.39 is 0 Å². The highest BCUT2D eigenvalue weighted by Gasteiger charge is 2.23. The van der Waals surface area contributed by atoms with Crippen LogP contribution in [-0.4, -0.2) is 44.7 Å². The topological polar surface area (TPSA) is 77.8 Å². The summed E-state index contributed by atoms with van der Waals surface area (Å²) in [5.74, 6) is 0.779. The highest BCUT2D eigenvalue weighted by molar-refractivity contribution is 5.82. The van der Waals surface area contributed by atoms with Gasteiger partial charge in [-0.05, 0) is 12.8 Å². The zero-order chi connectivity index (χ0) is 11.7. The van der Waals surface area contributed by atoms with Gasteiger partial charge in [0, 0.05) is 13.2 Å². The maximum atomic E-state index is 5.02. The van der Waals surface area contributed by atoms with Crippen molar-refractivity contribution < 1.29 is 4.74 Å². The molecule has 1 N–H and O–H groups in total. The number of fused-ring (bicyclic) bond motifs is 1. The summed E-state index contributed by atoms with van der Waals surface area (Å²) in [7, 11) is 1.66. The molecule has 3 rings (SSSR count). The lowest BCUT2D eigenvalue weighted by Crippen LogP contribution is -2.07. The van der Waals surface area contributed by atoms with Gasteiger partial charge >= 0.3 is 0 Å². The minimum Gasteiger partial charge on any atom is -0.383 e. The monoisotopic (exact) mass is 234 g/mol. The summed E-state index contributed by atoms with van der Waals surface area (Å²) in [5, 5.41) is 11.5. The van der Waals surface area contributed by atoms with E-state index in [1.54, 1.807) is 18.1 Å². The largest absolute Gasteiger partial charge is 0.383 e. The molecule has 0 unspecified atom stereocenters. The molecule has 0 bridgehead atoms. The van der Waals surface area contributed by atoms with E-state index in [0.717, 1.165) is 17.0 Å². The Bertz CT molecular complexity index is 520. The first-order valence-electron chi connectivity index (χ1n) is 5.68. The van der Waals surface area contributed by atoms with Crippen molar-refractivity contribution in [2.75, 3.05) is 19.0 Å². The van der Waals surface area contributed by atoms with Gasteiger partial charge in [0.1, 0.15) is 6.33 Å². The van der Waals surface area contributed by atoms with Gasteiger partial charge in [0.05, 0.1) is 13.2 Å². The molecule has 90 valence electrons. The standard InChI is InChI=1S/C10H14N6O/c1-17-5-4-16-10-8(14-15-16)9(11-6-12-10)13-7-2-3-7/h6-7H,2-5H2,1H3,(H,11,12,13). The average molecular weight is 234 g/mol. The van der Waals surface area contributed by atoms with Gasteiger partial charge < -0.3 is 10.1 Å². The van der Waals surface area contributed by atoms with Crippen LogP contribution < -0.4 is 5.32 Å². The number of hydrogen-bond acceptors (Lipinski definition) is 6. The molecule has 2 aromatic heterocycles. The summed E-state index contributed by atoms with van der Waals surface area (Å²) in [6.45, 7) is 1.24. The van der Waals surface area contributed by atoms with Gasteiger partial charge in [-0.15, -0.1) is 5.10 Å². The minimum absolute atomic E-state index is 0.539. The number of hydrogen-bond donors (Lipinski definition) is 1.